The second-order valence-electron chi connectivity index (χ2n) is 6.26. The summed E-state index contributed by atoms with van der Waals surface area (Å²) in [6, 6.07) is 4.66. The zero-order chi connectivity index (χ0) is 21.9. The van der Waals surface area contributed by atoms with Crippen molar-refractivity contribution in [3.63, 3.8) is 0 Å². The number of rotatable bonds is 7. The lowest BCUT2D eigenvalue weighted by Gasteiger charge is -2.33. The minimum absolute atomic E-state index is 0.0313. The van der Waals surface area contributed by atoms with E-state index in [1.165, 1.54) is 25.3 Å². The summed E-state index contributed by atoms with van der Waals surface area (Å²) < 4.78 is 47.9. The number of phosphoric ester groups is 1. The van der Waals surface area contributed by atoms with E-state index in [0.717, 1.165) is 16.7 Å². The van der Waals surface area contributed by atoms with E-state index in [2.05, 4.69) is 4.98 Å². The lowest BCUT2D eigenvalue weighted by atomic mass is 10.2. The Kier molecular flexibility index (Phi) is 6.46. The number of halogens is 1. The maximum absolute atomic E-state index is 13.4. The summed E-state index contributed by atoms with van der Waals surface area (Å²) in [6.07, 6.45) is -1.06. The van der Waals surface area contributed by atoms with Crippen molar-refractivity contribution < 1.29 is 32.2 Å². The Labute approximate surface area is 167 Å². The van der Waals surface area contributed by atoms with Crippen molar-refractivity contribution >= 4 is 13.5 Å². The van der Waals surface area contributed by atoms with Crippen LogP contribution in [0.2, 0.25) is 0 Å². The molecule has 0 amide bonds. The van der Waals surface area contributed by atoms with E-state index in [0.29, 0.717) is 0 Å². The molecule has 2 heterocycles. The zero-order valence-electron chi connectivity index (χ0n) is 15.6. The molecule has 3 atom stereocenters. The Morgan fingerprint density at radius 3 is 2.70 bits per heavy atom. The molecule has 1 aromatic carbocycles. The van der Waals surface area contributed by atoms with Gasteiger partial charge in [0.15, 0.2) is 0 Å². The molecule has 0 aliphatic carbocycles. The molecule has 14 heteroatoms. The van der Waals surface area contributed by atoms with Gasteiger partial charge in [0, 0.05) is 23.9 Å². The fourth-order valence-electron chi connectivity index (χ4n) is 2.52. The van der Waals surface area contributed by atoms with E-state index < -0.39 is 42.9 Å². The van der Waals surface area contributed by atoms with Gasteiger partial charge in [-0.1, -0.05) is 0 Å². The molecule has 0 saturated carbocycles. The normalized spacial score (nSPS) is 23.8. The molecule has 30 heavy (non-hydrogen) atoms. The highest BCUT2D eigenvalue weighted by Crippen LogP contribution is 2.53. The Morgan fingerprint density at radius 2 is 2.07 bits per heavy atom. The van der Waals surface area contributed by atoms with E-state index in [1.54, 1.807) is 0 Å². The molecule has 1 saturated heterocycles. The molecule has 1 fully saturated rings. The van der Waals surface area contributed by atoms with E-state index >= 15 is 0 Å². The van der Waals surface area contributed by atoms with Crippen molar-refractivity contribution in [3.8, 4) is 5.75 Å². The van der Waals surface area contributed by atoms with Crippen LogP contribution >= 0.6 is 7.82 Å². The highest BCUT2D eigenvalue weighted by molar-refractivity contribution is 7.49. The standard InChI is InChI=1S/C16H17FN3O9P/c1-10-7-19(16(22)18-15(10)21)9-26-14-8-27-30(25,29-13(14)6-17)28-12-4-2-11(3-5-12)20(23)24/h2-5,7,13-14H,6,8-9H2,1H3,(H,18,21,22)/t13-,14+,30?/m0/s1. The number of hydrogen-bond donors (Lipinski definition) is 1. The van der Waals surface area contributed by atoms with Gasteiger partial charge in [0.05, 0.1) is 11.5 Å². The molecule has 1 N–H and O–H groups in total. The molecule has 0 radical (unpaired) electrons. The fraction of sp³-hybridized carbons (Fsp3) is 0.375. The predicted octanol–water partition coefficient (Wildman–Crippen LogP) is 1.67. The van der Waals surface area contributed by atoms with E-state index in [4.69, 9.17) is 18.3 Å². The highest BCUT2D eigenvalue weighted by Gasteiger charge is 2.43. The summed E-state index contributed by atoms with van der Waals surface area (Å²) in [5.74, 6) is -0.0313. The quantitative estimate of drug-likeness (QED) is 0.381. The molecule has 0 spiro atoms. The van der Waals surface area contributed by atoms with Crippen molar-refractivity contribution in [2.75, 3.05) is 13.3 Å². The van der Waals surface area contributed by atoms with Crippen LogP contribution < -0.4 is 15.8 Å². The lowest BCUT2D eigenvalue weighted by Crippen LogP contribution is -2.42. The van der Waals surface area contributed by atoms with E-state index in [-0.39, 0.29) is 30.3 Å². The number of nitro benzene ring substituents is 1. The average Bonchev–Trinajstić information content (AvgIpc) is 2.70. The third kappa shape index (κ3) is 5.00. The van der Waals surface area contributed by atoms with Gasteiger partial charge in [-0.3, -0.25) is 33.5 Å². The molecule has 1 aliphatic heterocycles. The Morgan fingerprint density at radius 1 is 1.37 bits per heavy atom. The summed E-state index contributed by atoms with van der Waals surface area (Å²) in [6.45, 7) is -0.285. The van der Waals surface area contributed by atoms with Crippen molar-refractivity contribution in [2.45, 2.75) is 25.9 Å². The van der Waals surface area contributed by atoms with Crippen molar-refractivity contribution in [3.05, 3.63) is 67.0 Å². The molecule has 0 bridgehead atoms. The number of aromatic nitrogens is 2. The number of benzene rings is 1. The molecule has 162 valence electrons. The first-order valence-corrected chi connectivity index (χ1v) is 10.0. The number of aromatic amines is 1. The smallest absolute Gasteiger partial charge is 0.404 e. The van der Waals surface area contributed by atoms with Crippen LogP contribution in [0.1, 0.15) is 5.56 Å². The van der Waals surface area contributed by atoms with Crippen LogP contribution in [-0.2, 0) is 25.1 Å². The number of nitrogens with one attached hydrogen (secondary N) is 1. The monoisotopic (exact) mass is 445 g/mol. The first kappa shape index (κ1) is 21.8. The molecule has 12 nitrogen and oxygen atoms in total. The average molecular weight is 445 g/mol. The second kappa shape index (κ2) is 8.88. The maximum Gasteiger partial charge on any atom is 0.530 e. The van der Waals surface area contributed by atoms with Gasteiger partial charge in [-0.15, -0.1) is 0 Å². The zero-order valence-corrected chi connectivity index (χ0v) is 16.5. The van der Waals surface area contributed by atoms with Gasteiger partial charge >= 0.3 is 13.5 Å². The Balaban J connectivity index is 1.64. The molecular weight excluding hydrogens is 428 g/mol. The van der Waals surface area contributed by atoms with Gasteiger partial charge in [0.1, 0.15) is 31.4 Å². The second-order valence-corrected chi connectivity index (χ2v) is 7.80. The summed E-state index contributed by atoms with van der Waals surface area (Å²) in [7, 11) is -4.21. The van der Waals surface area contributed by atoms with Gasteiger partial charge in [-0.05, 0) is 19.1 Å². The van der Waals surface area contributed by atoms with Crippen molar-refractivity contribution in [2.24, 2.45) is 0 Å². The van der Waals surface area contributed by atoms with Crippen molar-refractivity contribution in [1.82, 2.24) is 9.55 Å². The number of ether oxygens (including phenoxy) is 1. The molecular formula is C16H17FN3O9P. The number of H-pyrrole nitrogens is 1. The SMILES string of the molecule is Cc1cn(CO[C@@H]2COP(=O)(Oc3ccc([N+](=O)[O-])cc3)O[C@H]2CF)c(=O)[nH]c1=O. The first-order valence-electron chi connectivity index (χ1n) is 8.56. The third-order valence-corrected chi connectivity index (χ3v) is 5.54. The number of non-ortho nitro benzene ring substituents is 1. The van der Waals surface area contributed by atoms with Crippen LogP contribution in [0.4, 0.5) is 10.1 Å². The number of nitrogens with zero attached hydrogens (tertiary/aromatic N) is 2. The fourth-order valence-corrected chi connectivity index (χ4v) is 3.91. The summed E-state index contributed by atoms with van der Waals surface area (Å²) >= 11 is 0. The first-order chi connectivity index (χ1) is 14.2. The Hall–Kier alpha value is -2.86. The molecule has 1 unspecified atom stereocenters. The van der Waals surface area contributed by atoms with Gasteiger partial charge < -0.3 is 9.26 Å². The summed E-state index contributed by atoms with van der Waals surface area (Å²) in [5, 5.41) is 10.7. The Bertz CT molecular complexity index is 1080. The minimum Gasteiger partial charge on any atom is -0.404 e. The van der Waals surface area contributed by atoms with Crippen LogP contribution in [0.15, 0.2) is 40.1 Å². The number of nitro groups is 1. The minimum atomic E-state index is -4.21. The summed E-state index contributed by atoms with van der Waals surface area (Å²) in [4.78, 5) is 35.3. The van der Waals surface area contributed by atoms with E-state index in [1.807, 2.05) is 0 Å². The van der Waals surface area contributed by atoms with Gasteiger partial charge in [0.2, 0.25) is 0 Å². The van der Waals surface area contributed by atoms with Gasteiger partial charge in [0.25, 0.3) is 11.2 Å². The molecule has 1 aliphatic rings. The molecule has 3 rings (SSSR count). The van der Waals surface area contributed by atoms with Gasteiger partial charge in [-0.2, -0.15) is 0 Å². The molecule has 1 aromatic heterocycles. The summed E-state index contributed by atoms with van der Waals surface area (Å²) in [5.41, 5.74) is -1.18. The number of alkyl halides is 1. The molecule has 2 aromatic rings. The van der Waals surface area contributed by atoms with Crippen LogP contribution in [0, 0.1) is 17.0 Å². The van der Waals surface area contributed by atoms with Crippen LogP contribution in [0.5, 0.6) is 5.75 Å². The third-order valence-electron chi connectivity index (χ3n) is 4.11. The number of hydrogen-bond acceptors (Lipinski definition) is 9. The van der Waals surface area contributed by atoms with Crippen LogP contribution in [0.25, 0.3) is 0 Å². The highest BCUT2D eigenvalue weighted by atomic mass is 31.2. The topological polar surface area (TPSA) is 152 Å². The van der Waals surface area contributed by atoms with Gasteiger partial charge in [-0.25, -0.2) is 13.8 Å². The maximum atomic E-state index is 13.4. The lowest BCUT2D eigenvalue weighted by molar-refractivity contribution is -0.384. The van der Waals surface area contributed by atoms with Crippen LogP contribution in [0.3, 0.4) is 0 Å². The van der Waals surface area contributed by atoms with Crippen LogP contribution in [-0.4, -0.2) is 40.0 Å². The van der Waals surface area contributed by atoms with E-state index in [9.17, 15) is 28.7 Å². The predicted molar refractivity (Wildman–Crippen MR) is 99.1 cm³/mol. The number of aryl methyl sites for hydroxylation is 1. The largest absolute Gasteiger partial charge is 0.530 e. The van der Waals surface area contributed by atoms with Crippen molar-refractivity contribution in [1.29, 1.82) is 0 Å². The number of phosphoric acid groups is 1.